The van der Waals surface area contributed by atoms with E-state index in [9.17, 15) is 9.59 Å². The van der Waals surface area contributed by atoms with E-state index in [1.807, 2.05) is 6.92 Å². The fraction of sp³-hybridized carbons (Fsp3) is 0.368. The lowest BCUT2D eigenvalue weighted by Gasteiger charge is -2.16. The number of rotatable bonds is 6. The predicted octanol–water partition coefficient (Wildman–Crippen LogP) is 3.91. The zero-order valence-electron chi connectivity index (χ0n) is 14.7. The van der Waals surface area contributed by atoms with Gasteiger partial charge in [-0.25, -0.2) is 4.79 Å². The summed E-state index contributed by atoms with van der Waals surface area (Å²) in [6.07, 6.45) is 3.27. The fourth-order valence-corrected chi connectivity index (χ4v) is 2.72. The molecule has 1 aromatic heterocycles. The summed E-state index contributed by atoms with van der Waals surface area (Å²) in [4.78, 5) is 24.6. The van der Waals surface area contributed by atoms with E-state index in [0.29, 0.717) is 40.0 Å². The number of allylic oxidation sites excluding steroid dienone is 2. The molecule has 2 aromatic rings. The third kappa shape index (κ3) is 3.07. The number of hydrogen-bond donors (Lipinski definition) is 0. The van der Waals surface area contributed by atoms with Crippen molar-refractivity contribution < 1.29 is 18.7 Å². The Morgan fingerprint density at radius 3 is 2.50 bits per heavy atom. The first-order chi connectivity index (χ1) is 11.5. The molecule has 0 saturated heterocycles. The number of fused-ring (bicyclic) bond motifs is 1. The van der Waals surface area contributed by atoms with Crippen LogP contribution in [0.5, 0.6) is 11.5 Å². The van der Waals surface area contributed by atoms with E-state index in [0.717, 1.165) is 12.0 Å². The van der Waals surface area contributed by atoms with Crippen LogP contribution in [0.4, 0.5) is 0 Å². The van der Waals surface area contributed by atoms with E-state index in [2.05, 4.69) is 0 Å². The van der Waals surface area contributed by atoms with E-state index < -0.39 is 5.63 Å². The fourth-order valence-electron chi connectivity index (χ4n) is 2.72. The van der Waals surface area contributed by atoms with Gasteiger partial charge in [-0.2, -0.15) is 0 Å². The van der Waals surface area contributed by atoms with Crippen LogP contribution >= 0.6 is 0 Å². The second-order valence-corrected chi connectivity index (χ2v) is 5.50. The minimum Gasteiger partial charge on any atom is -0.496 e. The first kappa shape index (κ1) is 17.8. The zero-order valence-corrected chi connectivity index (χ0v) is 14.7. The van der Waals surface area contributed by atoms with Gasteiger partial charge < -0.3 is 13.9 Å². The molecule has 0 atom stereocenters. The van der Waals surface area contributed by atoms with Crippen LogP contribution in [0.3, 0.4) is 0 Å². The lowest BCUT2D eigenvalue weighted by Crippen LogP contribution is -2.09. The molecule has 0 radical (unpaired) electrons. The third-order valence-corrected chi connectivity index (χ3v) is 3.99. The number of ketones is 1. The van der Waals surface area contributed by atoms with Crippen molar-refractivity contribution in [2.75, 3.05) is 14.2 Å². The average molecular weight is 330 g/mol. The van der Waals surface area contributed by atoms with Crippen molar-refractivity contribution in [3.63, 3.8) is 0 Å². The second-order valence-electron chi connectivity index (χ2n) is 5.50. The molecule has 0 aliphatic heterocycles. The van der Waals surface area contributed by atoms with Crippen molar-refractivity contribution in [1.82, 2.24) is 0 Å². The van der Waals surface area contributed by atoms with Gasteiger partial charge in [0.2, 0.25) is 0 Å². The lowest BCUT2D eigenvalue weighted by molar-refractivity contribution is 0.102. The van der Waals surface area contributed by atoms with Crippen molar-refractivity contribution >= 4 is 16.8 Å². The molecule has 0 fully saturated rings. The minimum atomic E-state index is -0.432. The summed E-state index contributed by atoms with van der Waals surface area (Å²) in [5.74, 6) is 0.520. The molecule has 0 aliphatic carbocycles. The Kier molecular flexibility index (Phi) is 5.44. The first-order valence-electron chi connectivity index (χ1n) is 7.87. The van der Waals surface area contributed by atoms with Gasteiger partial charge in [-0.15, -0.1) is 0 Å². The summed E-state index contributed by atoms with van der Waals surface area (Å²) in [6.45, 7) is 5.56. The average Bonchev–Trinajstić information content (AvgIpc) is 2.58. The number of benzene rings is 1. The number of ether oxygens (including phenoxy) is 2. The molecule has 5 heteroatoms. The van der Waals surface area contributed by atoms with Gasteiger partial charge in [0.05, 0.1) is 19.6 Å². The number of carbonyl (C=O) groups is 1. The summed E-state index contributed by atoms with van der Waals surface area (Å²) in [5, 5.41) is 0.645. The minimum absolute atomic E-state index is 0.179. The number of aryl methyl sites for hydroxylation is 1. The normalized spacial score (nSPS) is 11.6. The molecule has 0 amide bonds. The molecule has 0 saturated carbocycles. The van der Waals surface area contributed by atoms with Gasteiger partial charge in [-0.1, -0.05) is 19.4 Å². The van der Waals surface area contributed by atoms with Crippen molar-refractivity contribution in [2.45, 2.75) is 33.6 Å². The van der Waals surface area contributed by atoms with Crippen LogP contribution in [0.2, 0.25) is 0 Å². The number of hydrogen-bond acceptors (Lipinski definition) is 5. The van der Waals surface area contributed by atoms with E-state index in [1.165, 1.54) is 20.3 Å². The molecule has 0 bridgehead atoms. The smallest absolute Gasteiger partial charge is 0.336 e. The van der Waals surface area contributed by atoms with Gasteiger partial charge in [-0.05, 0) is 31.4 Å². The molecule has 2 rings (SSSR count). The molecule has 0 N–H and O–H groups in total. The topological polar surface area (TPSA) is 65.7 Å². The highest BCUT2D eigenvalue weighted by molar-refractivity contribution is 6.15. The van der Waals surface area contributed by atoms with E-state index in [-0.39, 0.29) is 5.78 Å². The molecular weight excluding hydrogens is 308 g/mol. The molecular formula is C19H22O5. The summed E-state index contributed by atoms with van der Waals surface area (Å²) >= 11 is 0. The Balaban J connectivity index is 2.96. The third-order valence-electron chi connectivity index (χ3n) is 3.99. The van der Waals surface area contributed by atoms with Crippen LogP contribution in [0.25, 0.3) is 11.0 Å². The predicted molar refractivity (Wildman–Crippen MR) is 93.3 cm³/mol. The van der Waals surface area contributed by atoms with Gasteiger partial charge in [0.15, 0.2) is 5.78 Å². The largest absolute Gasteiger partial charge is 0.496 e. The SMILES string of the molecule is C/C=C(\C)C(=O)c1c(OC)cc2oc(=O)cc(CCC)c2c1OC. The maximum Gasteiger partial charge on any atom is 0.336 e. The Bertz CT molecular complexity index is 858. The highest BCUT2D eigenvalue weighted by Gasteiger charge is 2.25. The quantitative estimate of drug-likeness (QED) is 0.456. The van der Waals surface area contributed by atoms with Gasteiger partial charge in [-0.3, -0.25) is 4.79 Å². The van der Waals surface area contributed by atoms with Gasteiger partial charge in [0.25, 0.3) is 0 Å². The molecule has 128 valence electrons. The summed E-state index contributed by atoms with van der Waals surface area (Å²) in [7, 11) is 2.97. The molecule has 0 unspecified atom stereocenters. The van der Waals surface area contributed by atoms with Crippen molar-refractivity contribution in [1.29, 1.82) is 0 Å². The number of Topliss-reactive ketones (excluding diaryl/α,β-unsaturated/α-hetero) is 1. The van der Waals surface area contributed by atoms with Gasteiger partial charge >= 0.3 is 5.63 Å². The van der Waals surface area contributed by atoms with Crippen LogP contribution in [-0.4, -0.2) is 20.0 Å². The zero-order chi connectivity index (χ0) is 17.9. The van der Waals surface area contributed by atoms with Crippen molar-refractivity contribution in [3.8, 4) is 11.5 Å². The summed E-state index contributed by atoms with van der Waals surface area (Å²) in [6, 6.07) is 3.03. The van der Waals surface area contributed by atoms with Crippen LogP contribution in [0.15, 0.2) is 33.0 Å². The Hall–Kier alpha value is -2.56. The van der Waals surface area contributed by atoms with Gasteiger partial charge in [0, 0.05) is 12.1 Å². The first-order valence-corrected chi connectivity index (χ1v) is 7.87. The maximum absolute atomic E-state index is 12.8. The molecule has 0 spiro atoms. The second kappa shape index (κ2) is 7.34. The standard InChI is InChI=1S/C19H22O5/c1-6-8-12-9-15(20)24-14-10-13(22-4)17(18(21)11(3)7-2)19(23-5)16(12)14/h7,9-10H,6,8H2,1-5H3/b11-7+. The molecule has 5 nitrogen and oxygen atoms in total. The summed E-state index contributed by atoms with van der Waals surface area (Å²) in [5.41, 5.74) is 1.65. The number of carbonyl (C=O) groups excluding carboxylic acids is 1. The summed E-state index contributed by atoms with van der Waals surface area (Å²) < 4.78 is 16.2. The van der Waals surface area contributed by atoms with Crippen molar-refractivity contribution in [3.05, 3.63) is 45.3 Å². The Morgan fingerprint density at radius 1 is 1.25 bits per heavy atom. The Labute approximate surface area is 140 Å². The van der Waals surface area contributed by atoms with E-state index in [4.69, 9.17) is 13.9 Å². The van der Waals surface area contributed by atoms with Crippen molar-refractivity contribution in [2.24, 2.45) is 0 Å². The van der Waals surface area contributed by atoms with Crippen LogP contribution in [0.1, 0.15) is 43.1 Å². The van der Waals surface area contributed by atoms with Crippen LogP contribution < -0.4 is 15.1 Å². The molecule has 0 aliphatic rings. The molecule has 24 heavy (non-hydrogen) atoms. The van der Waals surface area contributed by atoms with E-state index >= 15 is 0 Å². The van der Waals surface area contributed by atoms with Crippen LogP contribution in [0, 0.1) is 0 Å². The van der Waals surface area contributed by atoms with Gasteiger partial charge in [0.1, 0.15) is 22.6 Å². The highest BCUT2D eigenvalue weighted by atomic mass is 16.5. The number of methoxy groups -OCH3 is 2. The van der Waals surface area contributed by atoms with E-state index in [1.54, 1.807) is 26.0 Å². The molecule has 1 heterocycles. The van der Waals surface area contributed by atoms with Crippen LogP contribution in [-0.2, 0) is 6.42 Å². The highest BCUT2D eigenvalue weighted by Crippen LogP contribution is 2.39. The maximum atomic E-state index is 12.8. The molecule has 1 aromatic carbocycles. The monoisotopic (exact) mass is 330 g/mol. The lowest BCUT2D eigenvalue weighted by atomic mass is 9.96. The Morgan fingerprint density at radius 2 is 1.96 bits per heavy atom.